The van der Waals surface area contributed by atoms with Crippen LogP contribution in [-0.4, -0.2) is 93.6 Å². The molecule has 0 bridgehead atoms. The van der Waals surface area contributed by atoms with Gasteiger partial charge in [0.2, 0.25) is 0 Å². The molecule has 7 atom stereocenters. The SMILES string of the molecule is COc1cc(-c2cn([C@H]3[C@@H](O)[C@@H](CO)O[C@@H](C(=O)N(c4cc(Cl)cc(C#N)c4)[C@H]4CCCC[C@@H]4O)[C@@H]3OC)nn2)ccc1Cl. The van der Waals surface area contributed by atoms with Crippen LogP contribution in [0.5, 0.6) is 5.75 Å². The van der Waals surface area contributed by atoms with E-state index in [1.165, 1.54) is 35.9 Å². The van der Waals surface area contributed by atoms with Crippen LogP contribution in [0.1, 0.15) is 37.3 Å². The second-order valence-corrected chi connectivity index (χ2v) is 11.7. The molecule has 3 aromatic rings. The number of nitriles is 1. The first-order chi connectivity index (χ1) is 21.2. The van der Waals surface area contributed by atoms with Crippen molar-refractivity contribution in [2.45, 2.75) is 68.3 Å². The lowest BCUT2D eigenvalue weighted by atomic mass is 9.88. The Morgan fingerprint density at radius 2 is 1.95 bits per heavy atom. The van der Waals surface area contributed by atoms with Crippen LogP contribution in [0.2, 0.25) is 10.0 Å². The molecule has 0 radical (unpaired) electrons. The summed E-state index contributed by atoms with van der Waals surface area (Å²) in [5.41, 5.74) is 1.63. The molecule has 234 valence electrons. The van der Waals surface area contributed by atoms with Crippen molar-refractivity contribution >= 4 is 34.8 Å². The molecule has 0 unspecified atom stereocenters. The van der Waals surface area contributed by atoms with E-state index in [1.54, 1.807) is 30.5 Å². The standard InChI is InChI=1S/C30H33Cl2N5O7/c1-42-24-11-17(7-8-20(24)32)21-14-36(35-34-21)26-27(40)25(15-38)44-29(28(26)43-2)30(41)37(22-5-3-4-6-23(22)39)19-10-16(13-33)9-18(31)12-19/h7-12,14,22-23,25-29,38-40H,3-6,15H2,1-2H3/t22-,23-,25+,26-,27-,28+,29+/m0/s1. The molecule has 12 nitrogen and oxygen atoms in total. The topological polar surface area (TPSA) is 163 Å². The fourth-order valence-corrected chi connectivity index (χ4v) is 6.45. The van der Waals surface area contributed by atoms with E-state index in [4.69, 9.17) is 37.4 Å². The van der Waals surface area contributed by atoms with Crippen LogP contribution in [0.4, 0.5) is 5.69 Å². The zero-order valence-electron chi connectivity index (χ0n) is 24.1. The van der Waals surface area contributed by atoms with Gasteiger partial charge in [0.25, 0.3) is 5.91 Å². The van der Waals surface area contributed by atoms with Crippen molar-refractivity contribution in [1.82, 2.24) is 15.0 Å². The Bertz CT molecular complexity index is 1530. The molecule has 1 amide bonds. The van der Waals surface area contributed by atoms with E-state index < -0.39 is 55.1 Å². The van der Waals surface area contributed by atoms with Gasteiger partial charge in [-0.15, -0.1) is 5.10 Å². The molecule has 3 N–H and O–H groups in total. The van der Waals surface area contributed by atoms with Crippen molar-refractivity contribution < 1.29 is 34.3 Å². The predicted molar refractivity (Wildman–Crippen MR) is 161 cm³/mol. The fourth-order valence-electron chi connectivity index (χ4n) is 6.02. The van der Waals surface area contributed by atoms with E-state index in [2.05, 4.69) is 16.4 Å². The van der Waals surface area contributed by atoms with E-state index in [-0.39, 0.29) is 10.6 Å². The van der Waals surface area contributed by atoms with Crippen molar-refractivity contribution in [2.75, 3.05) is 25.7 Å². The Morgan fingerprint density at radius 1 is 1.18 bits per heavy atom. The van der Waals surface area contributed by atoms with Crippen molar-refractivity contribution in [1.29, 1.82) is 5.26 Å². The first kappa shape index (κ1) is 32.1. The smallest absolute Gasteiger partial charge is 0.259 e. The summed E-state index contributed by atoms with van der Waals surface area (Å²) in [4.78, 5) is 16.0. The van der Waals surface area contributed by atoms with Gasteiger partial charge in [-0.1, -0.05) is 47.3 Å². The molecule has 2 aromatic carbocycles. The average molecular weight is 647 g/mol. The number of halogens is 2. The highest BCUT2D eigenvalue weighted by Gasteiger charge is 2.52. The minimum atomic E-state index is -1.35. The summed E-state index contributed by atoms with van der Waals surface area (Å²) >= 11 is 12.5. The van der Waals surface area contributed by atoms with Crippen molar-refractivity contribution in [3.05, 3.63) is 58.2 Å². The molecular formula is C30H33Cl2N5O7. The Morgan fingerprint density at radius 3 is 2.64 bits per heavy atom. The molecule has 2 fully saturated rings. The summed E-state index contributed by atoms with van der Waals surface area (Å²) < 4.78 is 18.5. The summed E-state index contributed by atoms with van der Waals surface area (Å²) in [5.74, 6) is -0.150. The minimum Gasteiger partial charge on any atom is -0.495 e. The number of hydrogen-bond acceptors (Lipinski definition) is 10. The second-order valence-electron chi connectivity index (χ2n) is 10.8. The monoisotopic (exact) mass is 645 g/mol. The van der Waals surface area contributed by atoms with Crippen LogP contribution in [0.25, 0.3) is 11.3 Å². The van der Waals surface area contributed by atoms with Crippen molar-refractivity contribution in [3.63, 3.8) is 0 Å². The van der Waals surface area contributed by atoms with E-state index >= 15 is 0 Å². The van der Waals surface area contributed by atoms with E-state index in [9.17, 15) is 25.4 Å². The van der Waals surface area contributed by atoms with Gasteiger partial charge in [0.1, 0.15) is 35.8 Å². The third-order valence-electron chi connectivity index (χ3n) is 8.20. The van der Waals surface area contributed by atoms with Gasteiger partial charge < -0.3 is 34.4 Å². The predicted octanol–water partition coefficient (Wildman–Crippen LogP) is 3.15. The van der Waals surface area contributed by atoms with Crippen molar-refractivity contribution in [2.24, 2.45) is 0 Å². The summed E-state index contributed by atoms with van der Waals surface area (Å²) in [5, 5.41) is 51.3. The van der Waals surface area contributed by atoms with E-state index in [0.29, 0.717) is 40.6 Å². The van der Waals surface area contributed by atoms with Crippen LogP contribution in [0, 0.1) is 11.3 Å². The summed E-state index contributed by atoms with van der Waals surface area (Å²) in [6.45, 7) is -0.602. The van der Waals surface area contributed by atoms with E-state index in [0.717, 1.165) is 12.8 Å². The van der Waals surface area contributed by atoms with Gasteiger partial charge in [-0.25, -0.2) is 4.68 Å². The fraction of sp³-hybridized carbons (Fsp3) is 0.467. The molecule has 2 aliphatic rings. The molecule has 1 saturated heterocycles. The molecule has 44 heavy (non-hydrogen) atoms. The van der Waals surface area contributed by atoms with Crippen LogP contribution in [0.15, 0.2) is 42.6 Å². The zero-order valence-corrected chi connectivity index (χ0v) is 25.6. The largest absolute Gasteiger partial charge is 0.495 e. The molecule has 1 aliphatic heterocycles. The van der Waals surface area contributed by atoms with Gasteiger partial charge >= 0.3 is 0 Å². The number of methoxy groups -OCH3 is 2. The number of rotatable bonds is 8. The van der Waals surface area contributed by atoms with Crippen LogP contribution in [0.3, 0.4) is 0 Å². The highest BCUT2D eigenvalue weighted by Crippen LogP contribution is 2.37. The number of ether oxygens (including phenoxy) is 3. The van der Waals surface area contributed by atoms with Gasteiger partial charge in [0.05, 0.1) is 48.7 Å². The first-order valence-corrected chi connectivity index (χ1v) is 14.9. The van der Waals surface area contributed by atoms with Crippen molar-refractivity contribution in [3.8, 4) is 23.1 Å². The Kier molecular flexibility index (Phi) is 10.1. The third kappa shape index (κ3) is 6.27. The number of aliphatic hydroxyl groups is 3. The number of anilines is 1. The van der Waals surface area contributed by atoms with Gasteiger partial charge in [-0.05, 0) is 43.2 Å². The molecule has 1 aliphatic carbocycles. The van der Waals surface area contributed by atoms with E-state index in [1.807, 2.05) is 0 Å². The lowest BCUT2D eigenvalue weighted by Crippen LogP contribution is -2.63. The van der Waals surface area contributed by atoms with Crippen LogP contribution >= 0.6 is 23.2 Å². The second kappa shape index (κ2) is 13.8. The lowest BCUT2D eigenvalue weighted by Gasteiger charge is -2.46. The normalized spacial score (nSPS) is 27.0. The number of carbonyl (C=O) groups excluding carboxylic acids is 1. The number of aliphatic hydroxyl groups excluding tert-OH is 3. The summed E-state index contributed by atoms with van der Waals surface area (Å²) in [6.07, 6.45) is -1.68. The number of amides is 1. The average Bonchev–Trinajstić information content (AvgIpc) is 3.51. The number of hydrogen-bond donors (Lipinski definition) is 3. The maximum atomic E-state index is 14.5. The van der Waals surface area contributed by atoms with Gasteiger partial charge in [-0.2, -0.15) is 5.26 Å². The molecule has 1 saturated carbocycles. The number of benzene rings is 2. The lowest BCUT2D eigenvalue weighted by molar-refractivity contribution is -0.211. The molecule has 5 rings (SSSR count). The maximum Gasteiger partial charge on any atom is 0.259 e. The Balaban J connectivity index is 1.55. The molecular weight excluding hydrogens is 613 g/mol. The molecule has 2 heterocycles. The molecule has 14 heteroatoms. The highest BCUT2D eigenvalue weighted by molar-refractivity contribution is 6.32. The first-order valence-electron chi connectivity index (χ1n) is 14.2. The maximum absolute atomic E-state index is 14.5. The Labute approximate surface area is 264 Å². The quantitative estimate of drug-likeness (QED) is 0.331. The Hall–Kier alpha value is -3.28. The highest BCUT2D eigenvalue weighted by atomic mass is 35.5. The van der Waals surface area contributed by atoms with Crippen LogP contribution < -0.4 is 9.64 Å². The number of aromatic nitrogens is 3. The number of carbonyl (C=O) groups is 1. The van der Waals surface area contributed by atoms with Gasteiger partial charge in [-0.3, -0.25) is 4.79 Å². The number of nitrogens with zero attached hydrogens (tertiary/aromatic N) is 5. The summed E-state index contributed by atoms with van der Waals surface area (Å²) in [7, 11) is 2.87. The molecule has 1 aromatic heterocycles. The third-order valence-corrected chi connectivity index (χ3v) is 8.73. The minimum absolute atomic E-state index is 0.235. The zero-order chi connectivity index (χ0) is 31.5. The van der Waals surface area contributed by atoms with Gasteiger partial charge in [0, 0.05) is 23.4 Å². The summed E-state index contributed by atoms with van der Waals surface area (Å²) in [6, 6.07) is 10.0. The van der Waals surface area contributed by atoms with Gasteiger partial charge in [0.15, 0.2) is 6.10 Å². The molecule has 0 spiro atoms. The van der Waals surface area contributed by atoms with Crippen LogP contribution in [-0.2, 0) is 14.3 Å².